The van der Waals surface area contributed by atoms with Gasteiger partial charge in [-0.2, -0.15) is 0 Å². The van der Waals surface area contributed by atoms with Gasteiger partial charge < -0.3 is 0 Å². The molecule has 0 fully saturated rings. The van der Waals surface area contributed by atoms with Crippen molar-refractivity contribution in [2.24, 2.45) is 0 Å². The van der Waals surface area contributed by atoms with Gasteiger partial charge in [0.15, 0.2) is 0 Å². The molecule has 0 spiro atoms. The van der Waals surface area contributed by atoms with Gasteiger partial charge in [0, 0.05) is 6.42 Å². The molecule has 0 bridgehead atoms. The van der Waals surface area contributed by atoms with Gasteiger partial charge >= 0.3 is 0 Å². The minimum atomic E-state index is 1.05. The average Bonchev–Trinajstić information content (AvgIpc) is 2.04. The van der Waals surface area contributed by atoms with E-state index in [1.54, 1.807) is 0 Å². The largest absolute Gasteiger partial charge is 0.107 e. The highest BCUT2D eigenvalue weighted by atomic mass is 13.9. The number of hydrogen-bond acceptors (Lipinski definition) is 0. The van der Waals surface area contributed by atoms with Crippen LogP contribution in [0.4, 0.5) is 0 Å². The Hall–Kier alpha value is -0.700. The smallest absolute Gasteiger partial charge is 0.00915 e. The molecular weight excluding hydrogens is 132 g/mol. The van der Waals surface area contributed by atoms with E-state index in [1.807, 2.05) is 6.92 Å². The molecular formula is C11H18. The summed E-state index contributed by atoms with van der Waals surface area (Å²) in [5.41, 5.74) is 1.49. The quantitative estimate of drug-likeness (QED) is 0.327. The van der Waals surface area contributed by atoms with Gasteiger partial charge in [-0.05, 0) is 33.1 Å². The van der Waals surface area contributed by atoms with Crippen molar-refractivity contribution < 1.29 is 0 Å². The van der Waals surface area contributed by atoms with Crippen LogP contribution in [0.2, 0.25) is 0 Å². The van der Waals surface area contributed by atoms with E-state index in [0.717, 1.165) is 6.42 Å². The van der Waals surface area contributed by atoms with E-state index in [1.165, 1.54) is 24.8 Å². The van der Waals surface area contributed by atoms with Gasteiger partial charge in [-0.3, -0.25) is 0 Å². The van der Waals surface area contributed by atoms with Gasteiger partial charge in [-0.25, -0.2) is 0 Å². The van der Waals surface area contributed by atoms with Crippen molar-refractivity contribution in [2.75, 3.05) is 0 Å². The molecule has 0 aromatic carbocycles. The first-order chi connectivity index (χ1) is 5.31. The molecule has 0 N–H and O–H groups in total. The van der Waals surface area contributed by atoms with Gasteiger partial charge in [0.25, 0.3) is 0 Å². The third-order valence-corrected chi connectivity index (χ3v) is 1.73. The van der Waals surface area contributed by atoms with Gasteiger partial charge in [0.05, 0.1) is 0 Å². The topological polar surface area (TPSA) is 0 Å². The van der Waals surface area contributed by atoms with Crippen LogP contribution in [-0.2, 0) is 0 Å². The van der Waals surface area contributed by atoms with E-state index in [-0.39, 0.29) is 0 Å². The summed E-state index contributed by atoms with van der Waals surface area (Å²) in [6, 6.07) is 0. The maximum Gasteiger partial charge on any atom is 0.00915 e. The second kappa shape index (κ2) is 7.41. The van der Waals surface area contributed by atoms with Crippen LogP contribution in [0, 0.1) is 11.8 Å². The zero-order valence-corrected chi connectivity index (χ0v) is 7.91. The third-order valence-electron chi connectivity index (χ3n) is 1.73. The predicted octanol–water partition coefficient (Wildman–Crippen LogP) is 3.54. The molecule has 0 atom stereocenters. The van der Waals surface area contributed by atoms with Gasteiger partial charge in [-0.1, -0.05) is 18.6 Å². The summed E-state index contributed by atoms with van der Waals surface area (Å²) in [5, 5.41) is 0. The summed E-state index contributed by atoms with van der Waals surface area (Å²) >= 11 is 0. The van der Waals surface area contributed by atoms with Crippen molar-refractivity contribution in [1.82, 2.24) is 0 Å². The molecule has 0 nitrogen and oxygen atoms in total. The summed E-state index contributed by atoms with van der Waals surface area (Å²) in [7, 11) is 0. The molecule has 11 heavy (non-hydrogen) atoms. The molecule has 0 amide bonds. The van der Waals surface area contributed by atoms with Gasteiger partial charge in [0.1, 0.15) is 0 Å². The molecule has 0 aliphatic heterocycles. The van der Waals surface area contributed by atoms with Crippen LogP contribution in [0.3, 0.4) is 0 Å². The lowest BCUT2D eigenvalue weighted by molar-refractivity contribution is 0.871. The average molecular weight is 150 g/mol. The maximum atomic E-state index is 3.06. The Morgan fingerprint density at radius 3 is 2.73 bits per heavy atom. The Balaban J connectivity index is 3.31. The van der Waals surface area contributed by atoms with Crippen molar-refractivity contribution in [3.8, 4) is 11.8 Å². The van der Waals surface area contributed by atoms with Crippen molar-refractivity contribution >= 4 is 0 Å². The van der Waals surface area contributed by atoms with Gasteiger partial charge in [0.2, 0.25) is 0 Å². The molecule has 0 aliphatic rings. The second-order valence-corrected chi connectivity index (χ2v) is 2.72. The van der Waals surface area contributed by atoms with Crippen LogP contribution in [0.15, 0.2) is 11.6 Å². The van der Waals surface area contributed by atoms with Crippen molar-refractivity contribution in [2.45, 2.75) is 46.5 Å². The van der Waals surface area contributed by atoms with E-state index >= 15 is 0 Å². The van der Waals surface area contributed by atoms with E-state index in [9.17, 15) is 0 Å². The third kappa shape index (κ3) is 7.19. The number of allylic oxidation sites excluding steroid dienone is 2. The van der Waals surface area contributed by atoms with Crippen molar-refractivity contribution in [3.05, 3.63) is 11.6 Å². The molecule has 0 aromatic rings. The first-order valence-corrected chi connectivity index (χ1v) is 4.36. The molecule has 0 heterocycles. The van der Waals surface area contributed by atoms with Crippen LogP contribution in [0.1, 0.15) is 46.5 Å². The van der Waals surface area contributed by atoms with Gasteiger partial charge in [-0.15, -0.1) is 11.8 Å². The number of unbranched alkanes of at least 4 members (excludes halogenated alkanes) is 2. The summed E-state index contributed by atoms with van der Waals surface area (Å²) in [6.07, 6.45) is 6.94. The lowest BCUT2D eigenvalue weighted by Gasteiger charge is -1.93. The predicted molar refractivity (Wildman–Crippen MR) is 51.3 cm³/mol. The Bertz CT molecular complexity index is 164. The molecule has 0 aliphatic carbocycles. The zero-order chi connectivity index (χ0) is 8.53. The lowest BCUT2D eigenvalue weighted by atomic mass is 10.1. The van der Waals surface area contributed by atoms with E-state index < -0.39 is 0 Å². The summed E-state index contributed by atoms with van der Waals surface area (Å²) in [5.74, 6) is 5.96. The Labute approximate surface area is 70.7 Å². The molecule has 0 saturated heterocycles. The monoisotopic (exact) mass is 150 g/mol. The van der Waals surface area contributed by atoms with E-state index in [0.29, 0.717) is 0 Å². The Morgan fingerprint density at radius 2 is 2.18 bits per heavy atom. The highest BCUT2D eigenvalue weighted by Gasteiger charge is 1.83. The summed E-state index contributed by atoms with van der Waals surface area (Å²) in [6.45, 7) is 6.27. The SMILES string of the molecule is CC#CCCC/C=C(/C)CC. The summed E-state index contributed by atoms with van der Waals surface area (Å²) in [4.78, 5) is 0. The zero-order valence-electron chi connectivity index (χ0n) is 7.91. The Kier molecular flexibility index (Phi) is 6.94. The maximum absolute atomic E-state index is 3.06. The van der Waals surface area contributed by atoms with E-state index in [4.69, 9.17) is 0 Å². The minimum Gasteiger partial charge on any atom is -0.107 e. The van der Waals surface area contributed by atoms with Crippen LogP contribution in [-0.4, -0.2) is 0 Å². The highest BCUT2D eigenvalue weighted by Crippen LogP contribution is 2.03. The van der Waals surface area contributed by atoms with Crippen molar-refractivity contribution in [3.63, 3.8) is 0 Å². The molecule has 0 radical (unpaired) electrons. The summed E-state index contributed by atoms with van der Waals surface area (Å²) < 4.78 is 0. The number of hydrogen-bond donors (Lipinski definition) is 0. The minimum absolute atomic E-state index is 1.05. The fraction of sp³-hybridized carbons (Fsp3) is 0.636. The molecule has 0 saturated carbocycles. The Morgan fingerprint density at radius 1 is 1.45 bits per heavy atom. The van der Waals surface area contributed by atoms with Crippen molar-refractivity contribution in [1.29, 1.82) is 0 Å². The normalized spacial score (nSPS) is 10.6. The molecule has 0 unspecified atom stereocenters. The highest BCUT2D eigenvalue weighted by molar-refractivity contribution is 4.98. The fourth-order valence-corrected chi connectivity index (χ4v) is 0.808. The molecule has 0 heteroatoms. The standard InChI is InChI=1S/C11H18/c1-4-6-7-8-9-10-11(3)5-2/h10H,5,7-9H2,1-3H3/b11-10-. The fourth-order valence-electron chi connectivity index (χ4n) is 0.808. The van der Waals surface area contributed by atoms with Crippen LogP contribution < -0.4 is 0 Å². The van der Waals surface area contributed by atoms with E-state index in [2.05, 4.69) is 31.8 Å². The molecule has 0 aromatic heterocycles. The van der Waals surface area contributed by atoms with Crippen LogP contribution >= 0.6 is 0 Å². The second-order valence-electron chi connectivity index (χ2n) is 2.72. The van der Waals surface area contributed by atoms with Crippen LogP contribution in [0.5, 0.6) is 0 Å². The number of rotatable bonds is 4. The molecule has 62 valence electrons. The van der Waals surface area contributed by atoms with Crippen LogP contribution in [0.25, 0.3) is 0 Å². The molecule has 0 rings (SSSR count). The lowest BCUT2D eigenvalue weighted by Crippen LogP contribution is -1.74. The first kappa shape index (κ1) is 10.3. The first-order valence-electron chi connectivity index (χ1n) is 4.36.